The van der Waals surface area contributed by atoms with Gasteiger partial charge >= 0.3 is 0 Å². The van der Waals surface area contributed by atoms with Crippen LogP contribution < -0.4 is 0 Å². The molecule has 0 radical (unpaired) electrons. The van der Waals surface area contributed by atoms with Gasteiger partial charge in [-0.3, -0.25) is 0 Å². The van der Waals surface area contributed by atoms with Gasteiger partial charge < -0.3 is 0 Å². The van der Waals surface area contributed by atoms with Crippen LogP contribution in [-0.2, 0) is 0 Å². The van der Waals surface area contributed by atoms with Crippen molar-refractivity contribution in [2.45, 2.75) is 18.2 Å². The molecule has 0 aromatic carbocycles. The summed E-state index contributed by atoms with van der Waals surface area (Å²) in [6.45, 7) is 3.57. The molecule has 0 bridgehead atoms. The van der Waals surface area contributed by atoms with Gasteiger partial charge in [0.05, 0.1) is 5.38 Å². The van der Waals surface area contributed by atoms with Crippen LogP contribution in [0, 0.1) is 0 Å². The molecule has 0 aliphatic carbocycles. The summed E-state index contributed by atoms with van der Waals surface area (Å²) < 4.78 is 0. The van der Waals surface area contributed by atoms with E-state index in [0.717, 1.165) is 18.2 Å². The van der Waals surface area contributed by atoms with Gasteiger partial charge in [-0.1, -0.05) is 22.0 Å². The Morgan fingerprint density at radius 2 is 2.38 bits per heavy atom. The minimum Gasteiger partial charge on any atom is -0.118 e. The molecule has 0 aliphatic heterocycles. The van der Waals surface area contributed by atoms with E-state index in [2.05, 4.69) is 22.5 Å². The molecule has 0 heterocycles. The van der Waals surface area contributed by atoms with Crippen LogP contribution in [0.5, 0.6) is 0 Å². The van der Waals surface area contributed by atoms with Gasteiger partial charge in [-0.05, 0) is 12.8 Å². The molecular weight excluding hydrogens is 187 g/mol. The maximum absolute atomic E-state index is 5.71. The van der Waals surface area contributed by atoms with Crippen molar-refractivity contribution >= 4 is 27.5 Å². The van der Waals surface area contributed by atoms with Gasteiger partial charge in [0.2, 0.25) is 0 Å². The molecule has 0 fully saturated rings. The lowest BCUT2D eigenvalue weighted by atomic mass is 10.2. The van der Waals surface area contributed by atoms with E-state index in [9.17, 15) is 0 Å². The predicted octanol–water partition coefficient (Wildman–Crippen LogP) is 2.95. The second kappa shape index (κ2) is 5.64. The van der Waals surface area contributed by atoms with Crippen molar-refractivity contribution in [1.29, 1.82) is 0 Å². The highest BCUT2D eigenvalue weighted by Crippen LogP contribution is 2.06. The molecule has 48 valence electrons. The molecule has 0 rings (SSSR count). The number of alkyl halides is 2. The SMILES string of the molecule is C=CC(Cl)CCCBr. The number of hydrogen-bond acceptors (Lipinski definition) is 0. The third-order valence-electron chi connectivity index (χ3n) is 0.869. The molecule has 1 atom stereocenters. The molecule has 0 saturated heterocycles. The highest BCUT2D eigenvalue weighted by Gasteiger charge is 1.94. The lowest BCUT2D eigenvalue weighted by Crippen LogP contribution is -1.91. The standard InChI is InChI=1S/C6H10BrCl/c1-2-6(8)4-3-5-7/h2,6H,1,3-5H2. The summed E-state index contributed by atoms with van der Waals surface area (Å²) in [5.41, 5.74) is 0. The van der Waals surface area contributed by atoms with Crippen LogP contribution in [-0.4, -0.2) is 10.7 Å². The molecule has 0 aromatic heterocycles. The van der Waals surface area contributed by atoms with Gasteiger partial charge in [-0.25, -0.2) is 0 Å². The van der Waals surface area contributed by atoms with Crippen molar-refractivity contribution in [3.8, 4) is 0 Å². The number of halogens is 2. The van der Waals surface area contributed by atoms with Crippen LogP contribution in [0.15, 0.2) is 12.7 Å². The van der Waals surface area contributed by atoms with Gasteiger partial charge in [0.15, 0.2) is 0 Å². The fraction of sp³-hybridized carbons (Fsp3) is 0.667. The summed E-state index contributed by atoms with van der Waals surface area (Å²) >= 11 is 9.02. The molecule has 2 heteroatoms. The summed E-state index contributed by atoms with van der Waals surface area (Å²) in [6.07, 6.45) is 3.92. The third-order valence-corrected chi connectivity index (χ3v) is 1.83. The summed E-state index contributed by atoms with van der Waals surface area (Å²) in [7, 11) is 0. The first-order chi connectivity index (χ1) is 3.81. The third kappa shape index (κ3) is 4.66. The molecule has 0 amide bonds. The monoisotopic (exact) mass is 196 g/mol. The largest absolute Gasteiger partial charge is 0.118 e. The van der Waals surface area contributed by atoms with E-state index in [-0.39, 0.29) is 5.38 Å². The zero-order valence-corrected chi connectivity index (χ0v) is 7.08. The van der Waals surface area contributed by atoms with Crippen LogP contribution in [0.25, 0.3) is 0 Å². The summed E-state index contributed by atoms with van der Waals surface area (Å²) in [4.78, 5) is 0. The van der Waals surface area contributed by atoms with Crippen molar-refractivity contribution in [3.63, 3.8) is 0 Å². The van der Waals surface area contributed by atoms with Crippen molar-refractivity contribution in [3.05, 3.63) is 12.7 Å². The summed E-state index contributed by atoms with van der Waals surface area (Å²) in [5.74, 6) is 0. The lowest BCUT2D eigenvalue weighted by molar-refractivity contribution is 0.834. The van der Waals surface area contributed by atoms with Crippen LogP contribution in [0.1, 0.15) is 12.8 Å². The van der Waals surface area contributed by atoms with E-state index in [1.54, 1.807) is 6.08 Å². The Labute approximate surface area is 64.0 Å². The Morgan fingerprint density at radius 1 is 1.75 bits per heavy atom. The average molecular weight is 198 g/mol. The first kappa shape index (κ1) is 8.51. The molecule has 0 nitrogen and oxygen atoms in total. The smallest absolute Gasteiger partial charge is 0.0513 e. The van der Waals surface area contributed by atoms with Crippen molar-refractivity contribution in [2.24, 2.45) is 0 Å². The Balaban J connectivity index is 2.98. The predicted molar refractivity (Wildman–Crippen MR) is 42.9 cm³/mol. The Hall–Kier alpha value is 0.510. The van der Waals surface area contributed by atoms with Crippen LogP contribution in [0.2, 0.25) is 0 Å². The lowest BCUT2D eigenvalue weighted by Gasteiger charge is -1.98. The molecule has 1 unspecified atom stereocenters. The van der Waals surface area contributed by atoms with E-state index in [1.807, 2.05) is 0 Å². The normalized spacial score (nSPS) is 13.2. The number of allylic oxidation sites excluding steroid dienone is 1. The number of rotatable bonds is 4. The Kier molecular flexibility index (Phi) is 6.00. The molecule has 0 saturated carbocycles. The first-order valence-electron chi connectivity index (χ1n) is 2.64. The van der Waals surface area contributed by atoms with Crippen LogP contribution in [0.3, 0.4) is 0 Å². The van der Waals surface area contributed by atoms with Gasteiger partial charge in [0.1, 0.15) is 0 Å². The minimum atomic E-state index is 0.160. The average Bonchev–Trinajstić information content (AvgIpc) is 1.83. The number of hydrogen-bond donors (Lipinski definition) is 0. The Morgan fingerprint density at radius 3 is 2.75 bits per heavy atom. The molecule has 0 aliphatic rings. The maximum Gasteiger partial charge on any atom is 0.0513 e. The van der Waals surface area contributed by atoms with E-state index >= 15 is 0 Å². The molecule has 0 N–H and O–H groups in total. The second-order valence-corrected chi connectivity index (χ2v) is 2.94. The minimum absolute atomic E-state index is 0.160. The Bertz CT molecular complexity index is 63.5. The molecule has 0 aromatic rings. The van der Waals surface area contributed by atoms with Gasteiger partial charge in [-0.2, -0.15) is 0 Å². The van der Waals surface area contributed by atoms with Crippen LogP contribution in [0.4, 0.5) is 0 Å². The van der Waals surface area contributed by atoms with Gasteiger partial charge in [0, 0.05) is 5.33 Å². The fourth-order valence-electron chi connectivity index (χ4n) is 0.390. The highest BCUT2D eigenvalue weighted by atomic mass is 79.9. The highest BCUT2D eigenvalue weighted by molar-refractivity contribution is 9.09. The zero-order valence-electron chi connectivity index (χ0n) is 4.74. The van der Waals surface area contributed by atoms with Crippen molar-refractivity contribution in [2.75, 3.05) is 5.33 Å². The first-order valence-corrected chi connectivity index (χ1v) is 4.19. The topological polar surface area (TPSA) is 0 Å². The molecule has 0 spiro atoms. The van der Waals surface area contributed by atoms with E-state index in [1.165, 1.54) is 0 Å². The van der Waals surface area contributed by atoms with Gasteiger partial charge in [0.25, 0.3) is 0 Å². The van der Waals surface area contributed by atoms with Crippen molar-refractivity contribution < 1.29 is 0 Å². The fourth-order valence-corrected chi connectivity index (χ4v) is 0.868. The molecular formula is C6H10BrCl. The maximum atomic E-state index is 5.71. The summed E-state index contributed by atoms with van der Waals surface area (Å²) in [5, 5.41) is 1.19. The second-order valence-electron chi connectivity index (χ2n) is 1.58. The van der Waals surface area contributed by atoms with E-state index < -0.39 is 0 Å². The van der Waals surface area contributed by atoms with Crippen LogP contribution >= 0.6 is 27.5 Å². The van der Waals surface area contributed by atoms with E-state index in [4.69, 9.17) is 11.6 Å². The zero-order chi connectivity index (χ0) is 6.41. The van der Waals surface area contributed by atoms with Crippen molar-refractivity contribution in [1.82, 2.24) is 0 Å². The van der Waals surface area contributed by atoms with Gasteiger partial charge in [-0.15, -0.1) is 18.2 Å². The summed E-state index contributed by atoms with van der Waals surface area (Å²) in [6, 6.07) is 0. The van der Waals surface area contributed by atoms with E-state index in [0.29, 0.717) is 0 Å². The molecule has 8 heavy (non-hydrogen) atoms. The quantitative estimate of drug-likeness (QED) is 0.480.